The number of nitrogens with two attached hydrogens (primary N) is 1. The van der Waals surface area contributed by atoms with Gasteiger partial charge in [0.1, 0.15) is 0 Å². The molecule has 0 saturated heterocycles. The first-order valence-corrected chi connectivity index (χ1v) is 8.44. The topological polar surface area (TPSA) is 26.0 Å². The molecule has 4 atom stereocenters. The molecule has 3 rings (SSSR count). The van der Waals surface area contributed by atoms with Crippen molar-refractivity contribution in [1.82, 2.24) is 0 Å². The van der Waals surface area contributed by atoms with Crippen LogP contribution in [0.25, 0.3) is 6.08 Å². The van der Waals surface area contributed by atoms with Crippen LogP contribution in [-0.4, -0.2) is 6.04 Å². The third-order valence-electron chi connectivity index (χ3n) is 5.28. The lowest BCUT2D eigenvalue weighted by atomic mass is 9.67. The van der Waals surface area contributed by atoms with Crippen LogP contribution in [0.1, 0.15) is 55.7 Å². The Hall–Kier alpha value is -1.34. The molecule has 0 saturated carbocycles. The standard InChI is InChI=1S/C20H27N/c1-3-7-16-14(2)12-13-19(21)20(16)18-11-6-9-15-8-4-5-10-17(15)18/h4,6,8-9,11-14,16,19-20H,3,5,7,10,21H2,1-2H3. The van der Waals surface area contributed by atoms with Gasteiger partial charge < -0.3 is 5.73 Å². The average Bonchev–Trinajstić information content (AvgIpc) is 2.51. The highest BCUT2D eigenvalue weighted by molar-refractivity contribution is 5.59. The lowest BCUT2D eigenvalue weighted by molar-refractivity contribution is 0.285. The first kappa shape index (κ1) is 14.6. The fourth-order valence-electron chi connectivity index (χ4n) is 4.21. The molecule has 1 heteroatoms. The highest BCUT2D eigenvalue weighted by atomic mass is 14.7. The number of hydrogen-bond donors (Lipinski definition) is 1. The van der Waals surface area contributed by atoms with Crippen molar-refractivity contribution in [3.05, 3.63) is 53.1 Å². The number of allylic oxidation sites excluding steroid dienone is 2. The molecule has 2 N–H and O–H groups in total. The van der Waals surface area contributed by atoms with Crippen LogP contribution >= 0.6 is 0 Å². The summed E-state index contributed by atoms with van der Waals surface area (Å²) in [6, 6.07) is 6.95. The maximum absolute atomic E-state index is 6.52. The monoisotopic (exact) mass is 281 g/mol. The summed E-state index contributed by atoms with van der Waals surface area (Å²) >= 11 is 0. The Morgan fingerprint density at radius 1 is 1.24 bits per heavy atom. The van der Waals surface area contributed by atoms with E-state index in [1.165, 1.54) is 30.4 Å². The van der Waals surface area contributed by atoms with Gasteiger partial charge in [-0.15, -0.1) is 0 Å². The van der Waals surface area contributed by atoms with Gasteiger partial charge in [0.25, 0.3) is 0 Å². The van der Waals surface area contributed by atoms with Crippen LogP contribution in [0, 0.1) is 11.8 Å². The Labute approximate surface area is 128 Å². The number of hydrogen-bond acceptors (Lipinski definition) is 1. The van der Waals surface area contributed by atoms with Crippen molar-refractivity contribution in [2.24, 2.45) is 17.6 Å². The summed E-state index contributed by atoms with van der Waals surface area (Å²) in [7, 11) is 0. The van der Waals surface area contributed by atoms with Crippen molar-refractivity contribution >= 4 is 6.08 Å². The number of rotatable bonds is 3. The van der Waals surface area contributed by atoms with Crippen molar-refractivity contribution in [3.63, 3.8) is 0 Å². The smallest absolute Gasteiger partial charge is 0.0296 e. The molecule has 1 aromatic rings. The average molecular weight is 281 g/mol. The van der Waals surface area contributed by atoms with Crippen LogP contribution in [0.2, 0.25) is 0 Å². The highest BCUT2D eigenvalue weighted by Crippen LogP contribution is 2.42. The minimum Gasteiger partial charge on any atom is -0.324 e. The predicted molar refractivity (Wildman–Crippen MR) is 91.2 cm³/mol. The zero-order chi connectivity index (χ0) is 14.8. The maximum atomic E-state index is 6.52. The Morgan fingerprint density at radius 3 is 2.90 bits per heavy atom. The van der Waals surface area contributed by atoms with Crippen molar-refractivity contribution in [3.8, 4) is 0 Å². The lowest BCUT2D eigenvalue weighted by Gasteiger charge is -2.39. The summed E-state index contributed by atoms with van der Waals surface area (Å²) in [5.74, 6) is 1.78. The molecule has 21 heavy (non-hydrogen) atoms. The van der Waals surface area contributed by atoms with Gasteiger partial charge in [-0.2, -0.15) is 0 Å². The van der Waals surface area contributed by atoms with Crippen LogP contribution in [-0.2, 0) is 6.42 Å². The van der Waals surface area contributed by atoms with Crippen LogP contribution in [0.4, 0.5) is 0 Å². The van der Waals surface area contributed by atoms with E-state index in [1.807, 2.05) is 0 Å². The summed E-state index contributed by atoms with van der Waals surface area (Å²) in [6.07, 6.45) is 14.0. The van der Waals surface area contributed by atoms with Crippen LogP contribution in [0.3, 0.4) is 0 Å². The van der Waals surface area contributed by atoms with Gasteiger partial charge in [-0.1, -0.05) is 62.8 Å². The SMILES string of the molecule is CCCC1C(C)C=CC(N)C1c1cccc2c1CCC=C2. The first-order chi connectivity index (χ1) is 10.2. The summed E-state index contributed by atoms with van der Waals surface area (Å²) in [6.45, 7) is 4.64. The molecule has 0 bridgehead atoms. The summed E-state index contributed by atoms with van der Waals surface area (Å²) in [5, 5.41) is 0. The van der Waals surface area contributed by atoms with Gasteiger partial charge in [0.2, 0.25) is 0 Å². The van der Waals surface area contributed by atoms with Crippen molar-refractivity contribution in [2.75, 3.05) is 0 Å². The molecular formula is C20H27N. The Morgan fingerprint density at radius 2 is 2.10 bits per heavy atom. The zero-order valence-corrected chi connectivity index (χ0v) is 13.3. The maximum Gasteiger partial charge on any atom is 0.0296 e. The summed E-state index contributed by atoms with van der Waals surface area (Å²) < 4.78 is 0. The van der Waals surface area contributed by atoms with Crippen molar-refractivity contribution < 1.29 is 0 Å². The second kappa shape index (κ2) is 6.19. The van der Waals surface area contributed by atoms with Gasteiger partial charge in [0, 0.05) is 12.0 Å². The lowest BCUT2D eigenvalue weighted by Crippen LogP contribution is -2.38. The molecule has 1 nitrogen and oxygen atoms in total. The van der Waals surface area contributed by atoms with Gasteiger partial charge in [0.05, 0.1) is 0 Å². The normalized spacial score (nSPS) is 31.2. The van der Waals surface area contributed by atoms with E-state index in [9.17, 15) is 0 Å². The van der Waals surface area contributed by atoms with Gasteiger partial charge in [-0.3, -0.25) is 0 Å². The molecule has 0 amide bonds. The van der Waals surface area contributed by atoms with Crippen LogP contribution < -0.4 is 5.73 Å². The molecule has 2 aliphatic carbocycles. The van der Waals surface area contributed by atoms with E-state index in [4.69, 9.17) is 5.73 Å². The molecule has 4 unspecified atom stereocenters. The first-order valence-electron chi connectivity index (χ1n) is 8.44. The quantitative estimate of drug-likeness (QED) is 0.800. The Balaban J connectivity index is 2.05. The second-order valence-electron chi connectivity index (χ2n) is 6.66. The highest BCUT2D eigenvalue weighted by Gasteiger charge is 2.34. The minimum absolute atomic E-state index is 0.162. The van der Waals surface area contributed by atoms with Crippen molar-refractivity contribution in [2.45, 2.75) is 51.5 Å². The molecule has 2 aliphatic rings. The third kappa shape index (κ3) is 2.72. The Kier molecular flexibility index (Phi) is 4.30. The minimum atomic E-state index is 0.162. The number of benzene rings is 1. The Bertz CT molecular complexity index is 555. The fraction of sp³-hybridized carbons (Fsp3) is 0.500. The van der Waals surface area contributed by atoms with E-state index in [0.29, 0.717) is 17.8 Å². The third-order valence-corrected chi connectivity index (χ3v) is 5.28. The second-order valence-corrected chi connectivity index (χ2v) is 6.66. The molecular weight excluding hydrogens is 254 g/mol. The van der Waals surface area contributed by atoms with E-state index >= 15 is 0 Å². The molecule has 0 fully saturated rings. The van der Waals surface area contributed by atoms with Crippen LogP contribution in [0.5, 0.6) is 0 Å². The summed E-state index contributed by atoms with van der Waals surface area (Å²) in [5.41, 5.74) is 11.0. The molecule has 0 spiro atoms. The number of fused-ring (bicyclic) bond motifs is 1. The summed E-state index contributed by atoms with van der Waals surface area (Å²) in [4.78, 5) is 0. The van der Waals surface area contributed by atoms with E-state index in [0.717, 1.165) is 6.42 Å². The van der Waals surface area contributed by atoms with Crippen molar-refractivity contribution in [1.29, 1.82) is 0 Å². The predicted octanol–water partition coefficient (Wildman–Crippen LogP) is 4.68. The van der Waals surface area contributed by atoms with Gasteiger partial charge in [-0.05, 0) is 47.8 Å². The van der Waals surface area contributed by atoms with E-state index in [2.05, 4.69) is 56.4 Å². The van der Waals surface area contributed by atoms with Gasteiger partial charge in [-0.25, -0.2) is 0 Å². The van der Waals surface area contributed by atoms with E-state index < -0.39 is 0 Å². The van der Waals surface area contributed by atoms with E-state index in [1.54, 1.807) is 5.56 Å². The van der Waals surface area contributed by atoms with Gasteiger partial charge in [0.15, 0.2) is 0 Å². The van der Waals surface area contributed by atoms with Crippen LogP contribution in [0.15, 0.2) is 36.4 Å². The zero-order valence-electron chi connectivity index (χ0n) is 13.3. The molecule has 0 aromatic heterocycles. The molecule has 0 aliphatic heterocycles. The van der Waals surface area contributed by atoms with Gasteiger partial charge >= 0.3 is 0 Å². The molecule has 0 radical (unpaired) electrons. The molecule has 1 aromatic carbocycles. The molecule has 112 valence electrons. The molecule has 0 heterocycles. The van der Waals surface area contributed by atoms with E-state index in [-0.39, 0.29) is 6.04 Å². The largest absolute Gasteiger partial charge is 0.324 e. The fourth-order valence-corrected chi connectivity index (χ4v) is 4.21.